The molecule has 0 aromatic heterocycles. The van der Waals surface area contributed by atoms with E-state index in [1.807, 2.05) is 12.1 Å². The van der Waals surface area contributed by atoms with Crippen LogP contribution in [-0.2, 0) is 20.7 Å². The van der Waals surface area contributed by atoms with Gasteiger partial charge in [0.05, 0.1) is 26.2 Å². The molecule has 10 heteroatoms. The largest absolute Gasteiger partial charge is 0.508 e. The molecule has 2 aliphatic rings. The number of cyclic esters (lactones) is 2. The number of carbonyl (C=O) groups excluding carboxylic acids is 2. The molecule has 2 amide bonds. The Morgan fingerprint density at radius 1 is 1.31 bits per heavy atom. The number of primary amides is 1. The van der Waals surface area contributed by atoms with Gasteiger partial charge in [-0.1, -0.05) is 6.07 Å². The van der Waals surface area contributed by atoms with Gasteiger partial charge in [0.15, 0.2) is 17.6 Å². The van der Waals surface area contributed by atoms with E-state index in [1.165, 1.54) is 0 Å². The van der Waals surface area contributed by atoms with Crippen molar-refractivity contribution in [2.75, 3.05) is 20.8 Å². The lowest BCUT2D eigenvalue weighted by atomic mass is 9.82. The van der Waals surface area contributed by atoms with Crippen LogP contribution in [0, 0.1) is 5.92 Å². The van der Waals surface area contributed by atoms with Crippen LogP contribution in [0.25, 0.3) is 0 Å². The highest BCUT2D eigenvalue weighted by Gasteiger charge is 2.48. The van der Waals surface area contributed by atoms with Gasteiger partial charge in [0.1, 0.15) is 6.61 Å². The second kappa shape index (κ2) is 8.28. The molecule has 4 N–H and O–H groups in total. The summed E-state index contributed by atoms with van der Waals surface area (Å²) in [5.74, 6) is 0.950. The SMILES string of the molecule is COc1ccc(CC2C(=O)N[C@@H]2[C@@H]2COC(=O)O2)cc1OC.NC(=O)O. The highest BCUT2D eigenvalue weighted by molar-refractivity contribution is 5.86. The van der Waals surface area contributed by atoms with E-state index in [4.69, 9.17) is 28.8 Å². The van der Waals surface area contributed by atoms with Crippen molar-refractivity contribution < 1.29 is 38.4 Å². The van der Waals surface area contributed by atoms with Gasteiger partial charge in [-0.2, -0.15) is 0 Å². The molecule has 2 aliphatic heterocycles. The molecule has 3 atom stereocenters. The Bertz CT molecular complexity index is 689. The number of hydrogen-bond donors (Lipinski definition) is 3. The third-order valence-corrected chi connectivity index (χ3v) is 4.00. The number of amides is 2. The number of β-lactam (4-membered cyclic amide) rings is 1. The lowest BCUT2D eigenvalue weighted by Gasteiger charge is -2.38. The number of nitrogens with one attached hydrogen (secondary N) is 1. The number of carbonyl (C=O) groups is 3. The molecule has 2 fully saturated rings. The molecular weight excluding hydrogens is 348 g/mol. The molecule has 26 heavy (non-hydrogen) atoms. The molecule has 1 unspecified atom stereocenters. The zero-order valence-corrected chi connectivity index (χ0v) is 14.3. The third-order valence-electron chi connectivity index (χ3n) is 4.00. The molecule has 1 aromatic carbocycles. The summed E-state index contributed by atoms with van der Waals surface area (Å²) in [6.07, 6.45) is -1.91. The van der Waals surface area contributed by atoms with E-state index in [0.717, 1.165) is 5.56 Å². The normalized spacial score (nSPS) is 23.4. The van der Waals surface area contributed by atoms with Gasteiger partial charge in [-0.05, 0) is 24.1 Å². The highest BCUT2D eigenvalue weighted by Crippen LogP contribution is 2.31. The number of benzene rings is 1. The fraction of sp³-hybridized carbons (Fsp3) is 0.438. The first-order valence-electron chi connectivity index (χ1n) is 7.68. The van der Waals surface area contributed by atoms with Crippen molar-refractivity contribution in [1.82, 2.24) is 5.32 Å². The van der Waals surface area contributed by atoms with Gasteiger partial charge in [0, 0.05) is 0 Å². The average molecular weight is 368 g/mol. The second-order valence-electron chi connectivity index (χ2n) is 5.59. The summed E-state index contributed by atoms with van der Waals surface area (Å²) in [4.78, 5) is 31.6. The van der Waals surface area contributed by atoms with Crippen molar-refractivity contribution in [3.05, 3.63) is 23.8 Å². The van der Waals surface area contributed by atoms with Crippen LogP contribution in [0.3, 0.4) is 0 Å². The number of nitrogens with two attached hydrogens (primary N) is 1. The average Bonchev–Trinajstić information content (AvgIpc) is 3.02. The number of ether oxygens (including phenoxy) is 4. The fourth-order valence-corrected chi connectivity index (χ4v) is 2.79. The maximum Gasteiger partial charge on any atom is 0.508 e. The first-order valence-corrected chi connectivity index (χ1v) is 7.68. The summed E-state index contributed by atoms with van der Waals surface area (Å²) in [7, 11) is 3.14. The van der Waals surface area contributed by atoms with E-state index in [1.54, 1.807) is 20.3 Å². The van der Waals surface area contributed by atoms with Gasteiger partial charge < -0.3 is 35.1 Å². The Kier molecular flexibility index (Phi) is 6.10. The Morgan fingerprint density at radius 2 is 1.96 bits per heavy atom. The predicted molar refractivity (Wildman–Crippen MR) is 87.1 cm³/mol. The third kappa shape index (κ3) is 4.47. The minimum Gasteiger partial charge on any atom is -0.493 e. The Balaban J connectivity index is 0.000000552. The zero-order valence-electron chi connectivity index (χ0n) is 14.3. The molecule has 0 spiro atoms. The molecule has 0 aliphatic carbocycles. The van der Waals surface area contributed by atoms with Crippen molar-refractivity contribution in [1.29, 1.82) is 0 Å². The van der Waals surface area contributed by atoms with E-state index in [9.17, 15) is 9.59 Å². The molecular formula is C16H20N2O8. The molecule has 10 nitrogen and oxygen atoms in total. The molecule has 142 valence electrons. The van der Waals surface area contributed by atoms with Gasteiger partial charge in [-0.3, -0.25) is 4.79 Å². The van der Waals surface area contributed by atoms with Crippen LogP contribution >= 0.6 is 0 Å². The highest BCUT2D eigenvalue weighted by atomic mass is 16.8. The second-order valence-corrected chi connectivity index (χ2v) is 5.59. The number of hydrogen-bond acceptors (Lipinski definition) is 7. The minimum absolute atomic E-state index is 0.0530. The molecule has 2 heterocycles. The van der Waals surface area contributed by atoms with E-state index >= 15 is 0 Å². The standard InChI is InChI=1S/C15H17NO6.CH3NO2/c1-19-10-4-3-8(6-11(10)20-2)5-9-13(16-14(9)17)12-7-21-15(18)22-12;2-1(3)4/h3-4,6,9,12-13H,5,7H2,1-2H3,(H,16,17);2H2,(H,3,4)/t9?,12-,13-;/m0./s1. The molecule has 0 radical (unpaired) electrons. The van der Waals surface area contributed by atoms with E-state index in [2.05, 4.69) is 11.1 Å². The summed E-state index contributed by atoms with van der Waals surface area (Å²) in [5, 5.41) is 9.97. The summed E-state index contributed by atoms with van der Waals surface area (Å²) >= 11 is 0. The Labute approximate surface area is 149 Å². The van der Waals surface area contributed by atoms with Crippen LogP contribution in [0.4, 0.5) is 9.59 Å². The molecule has 0 saturated carbocycles. The van der Waals surface area contributed by atoms with Crippen molar-refractivity contribution in [3.8, 4) is 11.5 Å². The van der Waals surface area contributed by atoms with Crippen molar-refractivity contribution in [2.45, 2.75) is 18.6 Å². The molecule has 2 saturated heterocycles. The van der Waals surface area contributed by atoms with Crippen LogP contribution in [0.1, 0.15) is 5.56 Å². The van der Waals surface area contributed by atoms with Gasteiger partial charge >= 0.3 is 12.2 Å². The van der Waals surface area contributed by atoms with Crippen LogP contribution in [0.5, 0.6) is 11.5 Å². The topological polar surface area (TPSA) is 146 Å². The van der Waals surface area contributed by atoms with E-state index in [0.29, 0.717) is 17.9 Å². The zero-order chi connectivity index (χ0) is 19.3. The Hall–Kier alpha value is -3.17. The van der Waals surface area contributed by atoms with Crippen molar-refractivity contribution in [2.24, 2.45) is 11.7 Å². The van der Waals surface area contributed by atoms with Crippen LogP contribution < -0.4 is 20.5 Å². The van der Waals surface area contributed by atoms with Gasteiger partial charge in [0.2, 0.25) is 5.91 Å². The lowest BCUT2D eigenvalue weighted by Crippen LogP contribution is -2.64. The smallest absolute Gasteiger partial charge is 0.493 e. The lowest BCUT2D eigenvalue weighted by molar-refractivity contribution is -0.138. The number of methoxy groups -OCH3 is 2. The fourth-order valence-electron chi connectivity index (χ4n) is 2.79. The number of rotatable bonds is 5. The summed E-state index contributed by atoms with van der Waals surface area (Å²) in [6.45, 7) is 0.173. The first kappa shape index (κ1) is 19.2. The summed E-state index contributed by atoms with van der Waals surface area (Å²) < 4.78 is 20.3. The van der Waals surface area contributed by atoms with Crippen LogP contribution in [0.15, 0.2) is 18.2 Å². The van der Waals surface area contributed by atoms with Crippen molar-refractivity contribution in [3.63, 3.8) is 0 Å². The maximum atomic E-state index is 11.8. The molecule has 1 aromatic rings. The van der Waals surface area contributed by atoms with Crippen LogP contribution in [0.2, 0.25) is 0 Å². The molecule has 3 rings (SSSR count). The summed E-state index contributed by atoms with van der Waals surface area (Å²) in [6, 6.07) is 5.32. The first-order chi connectivity index (χ1) is 12.3. The van der Waals surface area contributed by atoms with Crippen LogP contribution in [-0.4, -0.2) is 56.2 Å². The van der Waals surface area contributed by atoms with E-state index < -0.39 is 18.4 Å². The number of carboxylic acid groups (broad SMARTS) is 1. The predicted octanol–water partition coefficient (Wildman–Crippen LogP) is 0.519. The maximum absolute atomic E-state index is 11.8. The minimum atomic E-state index is -1.33. The van der Waals surface area contributed by atoms with Gasteiger partial charge in [-0.15, -0.1) is 0 Å². The monoisotopic (exact) mass is 368 g/mol. The quantitative estimate of drug-likeness (QED) is 0.503. The van der Waals surface area contributed by atoms with Gasteiger partial charge in [0.25, 0.3) is 0 Å². The van der Waals surface area contributed by atoms with Crippen molar-refractivity contribution >= 4 is 18.2 Å². The Morgan fingerprint density at radius 3 is 2.46 bits per heavy atom. The van der Waals surface area contributed by atoms with E-state index in [-0.39, 0.29) is 24.5 Å². The van der Waals surface area contributed by atoms with Gasteiger partial charge in [-0.25, -0.2) is 9.59 Å². The molecule has 0 bridgehead atoms. The summed E-state index contributed by atoms with van der Waals surface area (Å²) in [5.41, 5.74) is 4.98.